The minimum Gasteiger partial charge on any atom is -0.460 e. The normalized spacial score (nSPS) is 11.6. The lowest BCUT2D eigenvalue weighted by molar-refractivity contribution is -0.116. The van der Waals surface area contributed by atoms with E-state index in [0.29, 0.717) is 23.1 Å². The lowest BCUT2D eigenvalue weighted by Gasteiger charge is -2.04. The molecule has 1 aromatic heterocycles. The van der Waals surface area contributed by atoms with Crippen molar-refractivity contribution >= 4 is 33.6 Å². The number of rotatable bonds is 8. The summed E-state index contributed by atoms with van der Waals surface area (Å²) in [5.74, 6) is 0.570. The second-order valence-corrected chi connectivity index (χ2v) is 8.26. The molecule has 2 aromatic carbocycles. The van der Waals surface area contributed by atoms with Gasteiger partial charge in [0.05, 0.1) is 11.4 Å². The first-order valence-corrected chi connectivity index (χ1v) is 10.6. The number of carbonyl (C=O) groups excluding carboxylic acids is 1. The fourth-order valence-electron chi connectivity index (χ4n) is 2.47. The van der Waals surface area contributed by atoms with Gasteiger partial charge in [0.25, 0.3) is 0 Å². The molecule has 1 amide bonds. The number of halogens is 1. The van der Waals surface area contributed by atoms with Crippen molar-refractivity contribution in [3.8, 4) is 0 Å². The van der Waals surface area contributed by atoms with Crippen LogP contribution in [0.25, 0.3) is 6.08 Å². The number of furan rings is 1. The molecule has 3 aromatic rings. The number of amides is 1. The highest BCUT2D eigenvalue weighted by Crippen LogP contribution is 2.15. The van der Waals surface area contributed by atoms with Crippen molar-refractivity contribution in [2.24, 2.45) is 0 Å². The minimum atomic E-state index is -3.62. The zero-order chi connectivity index (χ0) is 20.7. The smallest absolute Gasteiger partial charge is 0.244 e. The van der Waals surface area contributed by atoms with Gasteiger partial charge in [-0.1, -0.05) is 48.0 Å². The Kier molecular flexibility index (Phi) is 6.87. The number of nitrogens with one attached hydrogen (secondary N) is 2. The fraction of sp³-hybridized carbons (Fsp3) is 0.0952. The van der Waals surface area contributed by atoms with Gasteiger partial charge in [0.1, 0.15) is 11.5 Å². The molecule has 2 N–H and O–H groups in total. The van der Waals surface area contributed by atoms with Gasteiger partial charge in [0.2, 0.25) is 15.9 Å². The maximum atomic E-state index is 12.2. The number of carbonyl (C=O) groups is 1. The molecule has 6 nitrogen and oxygen atoms in total. The number of hydrogen-bond donors (Lipinski definition) is 2. The predicted molar refractivity (Wildman–Crippen MR) is 112 cm³/mol. The van der Waals surface area contributed by atoms with E-state index in [2.05, 4.69) is 10.0 Å². The molecule has 29 heavy (non-hydrogen) atoms. The number of sulfonamides is 1. The van der Waals surface area contributed by atoms with E-state index in [1.54, 1.807) is 36.4 Å². The summed E-state index contributed by atoms with van der Waals surface area (Å²) in [4.78, 5) is 12.1. The highest BCUT2D eigenvalue weighted by molar-refractivity contribution is 7.89. The number of hydrogen-bond acceptors (Lipinski definition) is 4. The minimum absolute atomic E-state index is 0.00374. The molecule has 0 fully saturated rings. The summed E-state index contributed by atoms with van der Waals surface area (Å²) in [6.45, 7) is 0.317. The molecule has 150 valence electrons. The van der Waals surface area contributed by atoms with Crippen LogP contribution in [0.2, 0.25) is 5.02 Å². The van der Waals surface area contributed by atoms with Crippen molar-refractivity contribution in [1.82, 2.24) is 10.0 Å². The standard InChI is InChI=1S/C21H19ClN2O4S/c22-20-9-5-4-6-16(20)14-23-21(25)13-12-17-10-11-18(28-17)15-24-29(26,27)19-7-2-1-3-8-19/h1-13,24H,14-15H2,(H,23,25)/b13-12+. The summed E-state index contributed by atoms with van der Waals surface area (Å²) < 4.78 is 32.4. The molecular formula is C21H19ClN2O4S. The van der Waals surface area contributed by atoms with Gasteiger partial charge in [0, 0.05) is 17.6 Å². The molecular weight excluding hydrogens is 412 g/mol. The summed E-state index contributed by atoms with van der Waals surface area (Å²) in [5.41, 5.74) is 0.821. The molecule has 0 atom stereocenters. The Morgan fingerprint density at radius 3 is 2.45 bits per heavy atom. The van der Waals surface area contributed by atoms with E-state index in [0.717, 1.165) is 5.56 Å². The van der Waals surface area contributed by atoms with Crippen LogP contribution in [-0.2, 0) is 27.9 Å². The summed E-state index contributed by atoms with van der Waals surface area (Å²) >= 11 is 6.05. The highest BCUT2D eigenvalue weighted by Gasteiger charge is 2.13. The Morgan fingerprint density at radius 1 is 0.966 bits per heavy atom. The first-order chi connectivity index (χ1) is 13.9. The van der Waals surface area contributed by atoms with Gasteiger partial charge in [-0.25, -0.2) is 13.1 Å². The lowest BCUT2D eigenvalue weighted by atomic mass is 10.2. The maximum absolute atomic E-state index is 12.2. The number of benzene rings is 2. The van der Waals surface area contributed by atoms with Crippen LogP contribution in [0.5, 0.6) is 0 Å². The van der Waals surface area contributed by atoms with E-state index < -0.39 is 10.0 Å². The molecule has 0 radical (unpaired) electrons. The third kappa shape index (κ3) is 6.05. The van der Waals surface area contributed by atoms with Gasteiger partial charge in [-0.15, -0.1) is 0 Å². The third-order valence-corrected chi connectivity index (χ3v) is 5.77. The van der Waals surface area contributed by atoms with Gasteiger partial charge < -0.3 is 9.73 Å². The summed E-state index contributed by atoms with van der Waals surface area (Å²) in [7, 11) is -3.62. The van der Waals surface area contributed by atoms with Crippen molar-refractivity contribution in [3.05, 3.63) is 94.9 Å². The topological polar surface area (TPSA) is 88.4 Å². The lowest BCUT2D eigenvalue weighted by Crippen LogP contribution is -2.22. The fourth-order valence-corrected chi connectivity index (χ4v) is 3.69. The van der Waals surface area contributed by atoms with Gasteiger partial charge >= 0.3 is 0 Å². The molecule has 8 heteroatoms. The van der Waals surface area contributed by atoms with Crippen LogP contribution < -0.4 is 10.0 Å². The molecule has 0 saturated carbocycles. The molecule has 0 bridgehead atoms. The Labute approximate surface area is 174 Å². The van der Waals surface area contributed by atoms with Crippen LogP contribution >= 0.6 is 11.6 Å². The van der Waals surface area contributed by atoms with Gasteiger partial charge in [-0.3, -0.25) is 4.79 Å². The van der Waals surface area contributed by atoms with Crippen molar-refractivity contribution in [3.63, 3.8) is 0 Å². The van der Waals surface area contributed by atoms with Gasteiger partial charge in [0.15, 0.2) is 0 Å². The van der Waals surface area contributed by atoms with Crippen molar-refractivity contribution < 1.29 is 17.6 Å². The van der Waals surface area contributed by atoms with Crippen LogP contribution in [0.15, 0.2) is 82.1 Å². The van der Waals surface area contributed by atoms with Crippen LogP contribution in [0, 0.1) is 0 Å². The van der Waals surface area contributed by atoms with Crippen LogP contribution in [0.1, 0.15) is 17.1 Å². The summed E-state index contributed by atoms with van der Waals surface area (Å²) in [6, 6.07) is 18.6. The average Bonchev–Trinajstić information content (AvgIpc) is 3.19. The quantitative estimate of drug-likeness (QED) is 0.533. The first kappa shape index (κ1) is 20.9. The molecule has 3 rings (SSSR count). The molecule has 0 aliphatic carbocycles. The Hall–Kier alpha value is -2.87. The summed E-state index contributed by atoms with van der Waals surface area (Å²) in [5, 5.41) is 3.32. The Bertz CT molecular complexity index is 1110. The second kappa shape index (κ2) is 9.56. The SMILES string of the molecule is O=C(/C=C/c1ccc(CNS(=O)(=O)c2ccccc2)o1)NCc1ccccc1Cl. The van der Waals surface area contributed by atoms with E-state index in [1.165, 1.54) is 24.3 Å². The molecule has 0 aliphatic rings. The van der Waals surface area contributed by atoms with Crippen molar-refractivity contribution in [2.75, 3.05) is 0 Å². The van der Waals surface area contributed by atoms with Crippen LogP contribution in [-0.4, -0.2) is 14.3 Å². The van der Waals surface area contributed by atoms with E-state index in [9.17, 15) is 13.2 Å². The first-order valence-electron chi connectivity index (χ1n) is 8.77. The van der Waals surface area contributed by atoms with Crippen molar-refractivity contribution in [1.29, 1.82) is 0 Å². The monoisotopic (exact) mass is 430 g/mol. The van der Waals surface area contributed by atoms with Gasteiger partial charge in [-0.05, 0) is 42.0 Å². The van der Waals surface area contributed by atoms with Crippen LogP contribution in [0.4, 0.5) is 0 Å². The molecule has 1 heterocycles. The second-order valence-electron chi connectivity index (χ2n) is 6.08. The van der Waals surface area contributed by atoms with Gasteiger partial charge in [-0.2, -0.15) is 0 Å². The van der Waals surface area contributed by atoms with E-state index in [1.807, 2.05) is 18.2 Å². The maximum Gasteiger partial charge on any atom is 0.244 e. The van der Waals surface area contributed by atoms with E-state index >= 15 is 0 Å². The molecule has 0 saturated heterocycles. The van der Waals surface area contributed by atoms with Crippen molar-refractivity contribution in [2.45, 2.75) is 18.0 Å². The third-order valence-electron chi connectivity index (χ3n) is 3.98. The van der Waals surface area contributed by atoms with E-state index in [-0.39, 0.29) is 17.3 Å². The molecule has 0 spiro atoms. The zero-order valence-corrected chi connectivity index (χ0v) is 16.9. The largest absolute Gasteiger partial charge is 0.460 e. The zero-order valence-electron chi connectivity index (χ0n) is 15.3. The predicted octanol–water partition coefficient (Wildman–Crippen LogP) is 3.74. The Balaban J connectivity index is 1.52. The Morgan fingerprint density at radius 2 is 1.69 bits per heavy atom. The summed E-state index contributed by atoms with van der Waals surface area (Å²) in [6.07, 6.45) is 2.85. The highest BCUT2D eigenvalue weighted by atomic mass is 35.5. The van der Waals surface area contributed by atoms with E-state index in [4.69, 9.17) is 16.0 Å². The molecule has 0 aliphatic heterocycles. The molecule has 0 unspecified atom stereocenters. The van der Waals surface area contributed by atoms with Crippen LogP contribution in [0.3, 0.4) is 0 Å². The average molecular weight is 431 g/mol.